The number of hydrogen-bond acceptors (Lipinski definition) is 3. The molecule has 1 aromatic carbocycles. The highest BCUT2D eigenvalue weighted by Gasteiger charge is 2.07. The molecular formula is C13H11IN2OS. The Morgan fingerprint density at radius 3 is 2.83 bits per heavy atom. The summed E-state index contributed by atoms with van der Waals surface area (Å²) in [5, 5.41) is 5.97. The Morgan fingerprint density at radius 1 is 1.39 bits per heavy atom. The predicted octanol–water partition coefficient (Wildman–Crippen LogP) is 3.43. The Hall–Kier alpha value is -1.21. The fourth-order valence-corrected chi connectivity index (χ4v) is 2.79. The molecule has 0 radical (unpaired) electrons. The Bertz CT molecular complexity index is 592. The maximum atomic E-state index is 11.9. The molecule has 1 heterocycles. The molecule has 0 aliphatic rings. The number of thiophene rings is 1. The van der Waals surface area contributed by atoms with Crippen LogP contribution in [0, 0.1) is 10.5 Å². The summed E-state index contributed by atoms with van der Waals surface area (Å²) < 4.78 is 0.912. The van der Waals surface area contributed by atoms with E-state index in [9.17, 15) is 4.79 Å². The van der Waals surface area contributed by atoms with Crippen molar-refractivity contribution in [2.45, 2.75) is 6.92 Å². The van der Waals surface area contributed by atoms with Crippen molar-refractivity contribution in [3.8, 4) is 0 Å². The van der Waals surface area contributed by atoms with E-state index in [1.54, 1.807) is 23.6 Å². The van der Waals surface area contributed by atoms with Gasteiger partial charge in [-0.15, -0.1) is 11.3 Å². The van der Waals surface area contributed by atoms with E-state index in [0.717, 1.165) is 14.0 Å². The van der Waals surface area contributed by atoms with Crippen LogP contribution in [0.15, 0.2) is 40.8 Å². The van der Waals surface area contributed by atoms with Crippen LogP contribution in [0.5, 0.6) is 0 Å². The Kier molecular flexibility index (Phi) is 4.48. The van der Waals surface area contributed by atoms with Crippen LogP contribution < -0.4 is 5.43 Å². The van der Waals surface area contributed by atoms with E-state index < -0.39 is 0 Å². The number of nitrogens with zero attached hydrogens (tertiary/aromatic N) is 1. The molecule has 0 saturated heterocycles. The standard InChI is InChI=1S/C13H11IN2OS/c1-9-6-7-18-12(9)8-15-16-13(17)10-4-2-3-5-11(10)14/h2-8H,1H3,(H,16,17). The molecule has 0 unspecified atom stereocenters. The van der Waals surface area contributed by atoms with Crippen molar-refractivity contribution < 1.29 is 4.79 Å². The zero-order chi connectivity index (χ0) is 13.0. The first-order chi connectivity index (χ1) is 8.68. The van der Waals surface area contributed by atoms with Crippen molar-refractivity contribution in [3.63, 3.8) is 0 Å². The third-order valence-electron chi connectivity index (χ3n) is 2.37. The normalized spacial score (nSPS) is 10.8. The van der Waals surface area contributed by atoms with Gasteiger partial charge >= 0.3 is 0 Å². The first-order valence-electron chi connectivity index (χ1n) is 5.30. The van der Waals surface area contributed by atoms with Gasteiger partial charge in [0.25, 0.3) is 5.91 Å². The fourth-order valence-electron chi connectivity index (χ4n) is 1.37. The first-order valence-corrected chi connectivity index (χ1v) is 7.26. The molecule has 1 amide bonds. The van der Waals surface area contributed by atoms with Crippen LogP contribution in [0.1, 0.15) is 20.8 Å². The molecule has 3 nitrogen and oxygen atoms in total. The third kappa shape index (κ3) is 3.17. The molecule has 18 heavy (non-hydrogen) atoms. The predicted molar refractivity (Wildman–Crippen MR) is 83.3 cm³/mol. The fraction of sp³-hybridized carbons (Fsp3) is 0.0769. The lowest BCUT2D eigenvalue weighted by Gasteiger charge is -2.01. The molecular weight excluding hydrogens is 359 g/mol. The highest BCUT2D eigenvalue weighted by molar-refractivity contribution is 14.1. The topological polar surface area (TPSA) is 41.5 Å². The highest BCUT2D eigenvalue weighted by Crippen LogP contribution is 2.13. The lowest BCUT2D eigenvalue weighted by Crippen LogP contribution is -2.18. The SMILES string of the molecule is Cc1ccsc1C=NNC(=O)c1ccccc1I. The van der Waals surface area contributed by atoms with Gasteiger partial charge in [-0.3, -0.25) is 4.79 Å². The smallest absolute Gasteiger partial charge is 0.267 e. The largest absolute Gasteiger partial charge is 0.272 e. The molecule has 0 saturated carbocycles. The minimum atomic E-state index is -0.189. The van der Waals surface area contributed by atoms with E-state index in [-0.39, 0.29) is 5.91 Å². The van der Waals surface area contributed by atoms with E-state index in [0.29, 0.717) is 5.56 Å². The van der Waals surface area contributed by atoms with Crippen LogP contribution in [0.3, 0.4) is 0 Å². The average Bonchev–Trinajstić information content (AvgIpc) is 2.75. The number of rotatable bonds is 3. The summed E-state index contributed by atoms with van der Waals surface area (Å²) in [7, 11) is 0. The summed E-state index contributed by atoms with van der Waals surface area (Å²) >= 11 is 3.73. The number of nitrogens with one attached hydrogen (secondary N) is 1. The van der Waals surface area contributed by atoms with Gasteiger partial charge < -0.3 is 0 Å². The quantitative estimate of drug-likeness (QED) is 0.502. The van der Waals surface area contributed by atoms with E-state index in [2.05, 4.69) is 33.1 Å². The summed E-state index contributed by atoms with van der Waals surface area (Å²) in [5.74, 6) is -0.189. The maximum absolute atomic E-state index is 11.9. The zero-order valence-corrected chi connectivity index (χ0v) is 12.7. The van der Waals surface area contributed by atoms with Gasteiger partial charge in [-0.1, -0.05) is 12.1 Å². The van der Waals surface area contributed by atoms with Crippen LogP contribution in [0.25, 0.3) is 0 Å². The van der Waals surface area contributed by atoms with Crippen molar-refractivity contribution in [1.82, 2.24) is 5.43 Å². The van der Waals surface area contributed by atoms with E-state index >= 15 is 0 Å². The Morgan fingerprint density at radius 2 is 2.17 bits per heavy atom. The molecule has 5 heteroatoms. The number of benzene rings is 1. The van der Waals surface area contributed by atoms with Gasteiger partial charge in [-0.2, -0.15) is 5.10 Å². The number of carbonyl (C=O) groups is 1. The van der Waals surface area contributed by atoms with Gasteiger partial charge in [0.05, 0.1) is 11.8 Å². The van der Waals surface area contributed by atoms with Crippen LogP contribution in [0.2, 0.25) is 0 Å². The highest BCUT2D eigenvalue weighted by atomic mass is 127. The molecule has 0 bridgehead atoms. The van der Waals surface area contributed by atoms with Crippen molar-refractivity contribution in [2.24, 2.45) is 5.10 Å². The van der Waals surface area contributed by atoms with Crippen LogP contribution in [-0.4, -0.2) is 12.1 Å². The minimum Gasteiger partial charge on any atom is -0.267 e. The number of carbonyl (C=O) groups excluding carboxylic acids is 1. The van der Waals surface area contributed by atoms with Crippen molar-refractivity contribution in [1.29, 1.82) is 0 Å². The van der Waals surface area contributed by atoms with Crippen molar-refractivity contribution in [2.75, 3.05) is 0 Å². The number of amides is 1. The van der Waals surface area contributed by atoms with Gasteiger partial charge in [0.2, 0.25) is 0 Å². The van der Waals surface area contributed by atoms with Gasteiger partial charge in [-0.05, 0) is 58.7 Å². The molecule has 2 aromatic rings. The van der Waals surface area contributed by atoms with Gasteiger partial charge in [0.1, 0.15) is 0 Å². The number of hydrogen-bond donors (Lipinski definition) is 1. The molecule has 1 N–H and O–H groups in total. The summed E-state index contributed by atoms with van der Waals surface area (Å²) in [6.45, 7) is 2.01. The van der Waals surface area contributed by atoms with E-state index in [1.807, 2.05) is 36.6 Å². The summed E-state index contributed by atoms with van der Waals surface area (Å²) in [5.41, 5.74) is 4.33. The molecule has 2 rings (SSSR count). The molecule has 0 aliphatic carbocycles. The van der Waals surface area contributed by atoms with Gasteiger partial charge in [0.15, 0.2) is 0 Å². The number of hydrazone groups is 1. The summed E-state index contributed by atoms with van der Waals surface area (Å²) in [6.07, 6.45) is 1.67. The lowest BCUT2D eigenvalue weighted by molar-refractivity contribution is 0.0954. The van der Waals surface area contributed by atoms with Crippen LogP contribution in [-0.2, 0) is 0 Å². The second kappa shape index (κ2) is 6.10. The third-order valence-corrected chi connectivity index (χ3v) is 4.26. The second-order valence-corrected chi connectivity index (χ2v) is 5.76. The summed E-state index contributed by atoms with van der Waals surface area (Å²) in [4.78, 5) is 12.9. The van der Waals surface area contributed by atoms with E-state index in [1.165, 1.54) is 0 Å². The molecule has 1 aromatic heterocycles. The monoisotopic (exact) mass is 370 g/mol. The van der Waals surface area contributed by atoms with Gasteiger partial charge in [-0.25, -0.2) is 5.43 Å². The number of halogens is 1. The molecule has 0 fully saturated rings. The van der Waals surface area contributed by atoms with Crippen molar-refractivity contribution >= 4 is 46.0 Å². The maximum Gasteiger partial charge on any atom is 0.272 e. The summed E-state index contributed by atoms with van der Waals surface area (Å²) in [6, 6.07) is 9.43. The molecule has 0 spiro atoms. The first kappa shape index (κ1) is 13.2. The zero-order valence-electron chi connectivity index (χ0n) is 9.68. The van der Waals surface area contributed by atoms with Crippen LogP contribution in [0.4, 0.5) is 0 Å². The molecule has 0 atom stereocenters. The second-order valence-electron chi connectivity index (χ2n) is 3.65. The Balaban J connectivity index is 2.03. The molecule has 0 aliphatic heterocycles. The Labute approximate surface area is 123 Å². The molecule has 92 valence electrons. The van der Waals surface area contributed by atoms with Crippen molar-refractivity contribution in [3.05, 3.63) is 55.3 Å². The van der Waals surface area contributed by atoms with Crippen LogP contribution >= 0.6 is 33.9 Å². The van der Waals surface area contributed by atoms with E-state index in [4.69, 9.17) is 0 Å². The average molecular weight is 370 g/mol. The minimum absolute atomic E-state index is 0.189. The van der Waals surface area contributed by atoms with Gasteiger partial charge in [0, 0.05) is 8.45 Å². The number of aryl methyl sites for hydroxylation is 1. The lowest BCUT2D eigenvalue weighted by atomic mass is 10.2.